The highest BCUT2D eigenvalue weighted by Crippen LogP contribution is 2.11. The zero-order chi connectivity index (χ0) is 11.7. The summed E-state index contributed by atoms with van der Waals surface area (Å²) in [5.74, 6) is 0.752. The quantitative estimate of drug-likeness (QED) is 0.549. The van der Waals surface area contributed by atoms with Gasteiger partial charge in [-0.05, 0) is 12.5 Å². The normalized spacial score (nSPS) is 10.4. The molecule has 1 aromatic heterocycles. The third-order valence-electron chi connectivity index (χ3n) is 2.77. The van der Waals surface area contributed by atoms with E-state index in [-0.39, 0.29) is 5.78 Å². The second kappa shape index (κ2) is 3.93. The van der Waals surface area contributed by atoms with Gasteiger partial charge in [-0.1, -0.05) is 24.3 Å². The SMILES string of the molecule is Cc1ccccc1C(=O)c1n(C)cc[n+]1C. The second-order valence-corrected chi connectivity index (χ2v) is 3.99. The number of carbonyl (C=O) groups excluding carboxylic acids is 1. The van der Waals surface area contributed by atoms with Gasteiger partial charge in [-0.3, -0.25) is 4.79 Å². The van der Waals surface area contributed by atoms with Crippen LogP contribution in [0.3, 0.4) is 0 Å². The van der Waals surface area contributed by atoms with Crippen LogP contribution in [-0.2, 0) is 14.1 Å². The van der Waals surface area contributed by atoms with Crippen LogP contribution in [0.1, 0.15) is 21.7 Å². The first-order chi connectivity index (χ1) is 7.61. The van der Waals surface area contributed by atoms with Crippen molar-refractivity contribution in [3.05, 3.63) is 53.6 Å². The third kappa shape index (κ3) is 1.65. The Morgan fingerprint density at radius 1 is 1.31 bits per heavy atom. The van der Waals surface area contributed by atoms with Gasteiger partial charge in [-0.15, -0.1) is 0 Å². The highest BCUT2D eigenvalue weighted by atomic mass is 16.1. The molecule has 16 heavy (non-hydrogen) atoms. The zero-order valence-corrected chi connectivity index (χ0v) is 9.77. The number of aromatic nitrogens is 2. The summed E-state index contributed by atoms with van der Waals surface area (Å²) in [6.45, 7) is 1.95. The maximum atomic E-state index is 12.3. The van der Waals surface area contributed by atoms with Crippen molar-refractivity contribution in [3.63, 3.8) is 0 Å². The van der Waals surface area contributed by atoms with Crippen molar-refractivity contribution in [2.24, 2.45) is 14.1 Å². The molecule has 2 aromatic rings. The minimum Gasteiger partial charge on any atom is -0.280 e. The highest BCUT2D eigenvalue weighted by Gasteiger charge is 2.23. The Kier molecular flexibility index (Phi) is 2.60. The van der Waals surface area contributed by atoms with Gasteiger partial charge in [0, 0.05) is 5.56 Å². The molecule has 2 rings (SSSR count). The van der Waals surface area contributed by atoms with Crippen molar-refractivity contribution in [1.29, 1.82) is 0 Å². The Morgan fingerprint density at radius 2 is 2.00 bits per heavy atom. The second-order valence-electron chi connectivity index (χ2n) is 3.99. The number of nitrogens with zero attached hydrogens (tertiary/aromatic N) is 2. The number of ketones is 1. The van der Waals surface area contributed by atoms with Gasteiger partial charge in [-0.2, -0.15) is 0 Å². The number of carbonyl (C=O) groups is 1. The molecular weight excluding hydrogens is 200 g/mol. The number of rotatable bonds is 2. The molecule has 0 spiro atoms. The molecule has 0 amide bonds. The lowest BCUT2D eigenvalue weighted by molar-refractivity contribution is -0.672. The fraction of sp³-hybridized carbons (Fsp3) is 0.231. The lowest BCUT2D eigenvalue weighted by Gasteiger charge is -2.02. The van der Waals surface area contributed by atoms with E-state index in [1.165, 1.54) is 0 Å². The van der Waals surface area contributed by atoms with E-state index in [9.17, 15) is 4.79 Å². The number of aryl methyl sites for hydroxylation is 3. The lowest BCUT2D eigenvalue weighted by atomic mass is 10.0. The average Bonchev–Trinajstić information content (AvgIpc) is 2.58. The summed E-state index contributed by atoms with van der Waals surface area (Å²) in [4.78, 5) is 12.3. The summed E-state index contributed by atoms with van der Waals surface area (Å²) in [5, 5.41) is 0. The van der Waals surface area contributed by atoms with E-state index in [2.05, 4.69) is 0 Å². The fourth-order valence-corrected chi connectivity index (χ4v) is 1.86. The molecule has 0 aliphatic carbocycles. The van der Waals surface area contributed by atoms with Crippen LogP contribution in [0.5, 0.6) is 0 Å². The minimum absolute atomic E-state index is 0.0631. The largest absolute Gasteiger partial charge is 0.330 e. The maximum absolute atomic E-state index is 12.3. The first kappa shape index (κ1) is 10.6. The van der Waals surface area contributed by atoms with E-state index in [1.807, 2.05) is 66.8 Å². The van der Waals surface area contributed by atoms with Crippen LogP contribution in [0, 0.1) is 6.92 Å². The predicted molar refractivity (Wildman–Crippen MR) is 61.2 cm³/mol. The van der Waals surface area contributed by atoms with Crippen molar-refractivity contribution >= 4 is 5.78 Å². The monoisotopic (exact) mass is 215 g/mol. The van der Waals surface area contributed by atoms with Gasteiger partial charge in [0.25, 0.3) is 5.78 Å². The fourth-order valence-electron chi connectivity index (χ4n) is 1.86. The van der Waals surface area contributed by atoms with Crippen LogP contribution in [-0.4, -0.2) is 10.4 Å². The van der Waals surface area contributed by atoms with Crippen LogP contribution >= 0.6 is 0 Å². The molecule has 0 fully saturated rings. The molecule has 0 bridgehead atoms. The number of imidazole rings is 1. The van der Waals surface area contributed by atoms with Gasteiger partial charge in [0.2, 0.25) is 0 Å². The first-order valence-corrected chi connectivity index (χ1v) is 5.22. The van der Waals surface area contributed by atoms with Gasteiger partial charge in [-0.25, -0.2) is 9.13 Å². The summed E-state index contributed by atoms with van der Waals surface area (Å²) in [5.41, 5.74) is 1.77. The van der Waals surface area contributed by atoms with Crippen molar-refractivity contribution in [2.75, 3.05) is 0 Å². The van der Waals surface area contributed by atoms with Gasteiger partial charge >= 0.3 is 5.82 Å². The smallest absolute Gasteiger partial charge is 0.280 e. The van der Waals surface area contributed by atoms with Gasteiger partial charge < -0.3 is 0 Å². The zero-order valence-electron chi connectivity index (χ0n) is 9.77. The molecule has 0 N–H and O–H groups in total. The van der Waals surface area contributed by atoms with Gasteiger partial charge in [0.05, 0.1) is 14.1 Å². The molecule has 3 nitrogen and oxygen atoms in total. The maximum Gasteiger partial charge on any atom is 0.330 e. The molecule has 0 aliphatic heterocycles. The van der Waals surface area contributed by atoms with Crippen LogP contribution in [0.4, 0.5) is 0 Å². The number of hydrogen-bond donors (Lipinski definition) is 0. The van der Waals surface area contributed by atoms with E-state index < -0.39 is 0 Å². The van der Waals surface area contributed by atoms with Crippen molar-refractivity contribution in [3.8, 4) is 0 Å². The van der Waals surface area contributed by atoms with Crippen LogP contribution < -0.4 is 4.57 Å². The molecule has 82 valence electrons. The molecule has 0 unspecified atom stereocenters. The van der Waals surface area contributed by atoms with E-state index in [0.717, 1.165) is 11.1 Å². The molecule has 0 saturated carbocycles. The molecule has 1 heterocycles. The van der Waals surface area contributed by atoms with Crippen molar-refractivity contribution < 1.29 is 9.36 Å². The third-order valence-corrected chi connectivity index (χ3v) is 2.77. The summed E-state index contributed by atoms with van der Waals surface area (Å²) in [6, 6.07) is 7.65. The summed E-state index contributed by atoms with van der Waals surface area (Å²) >= 11 is 0. The van der Waals surface area contributed by atoms with Gasteiger partial charge in [0.1, 0.15) is 12.4 Å². The van der Waals surface area contributed by atoms with E-state index in [1.54, 1.807) is 0 Å². The summed E-state index contributed by atoms with van der Waals surface area (Å²) < 4.78 is 3.68. The average molecular weight is 215 g/mol. The molecule has 0 saturated heterocycles. The Hall–Kier alpha value is -1.90. The summed E-state index contributed by atoms with van der Waals surface area (Å²) in [6.07, 6.45) is 3.76. The van der Waals surface area contributed by atoms with Gasteiger partial charge in [0.15, 0.2) is 0 Å². The van der Waals surface area contributed by atoms with E-state index in [0.29, 0.717) is 5.82 Å². The molecule has 3 heteroatoms. The number of hydrogen-bond acceptors (Lipinski definition) is 1. The topological polar surface area (TPSA) is 25.9 Å². The first-order valence-electron chi connectivity index (χ1n) is 5.22. The molecular formula is C13H15N2O+. The van der Waals surface area contributed by atoms with E-state index in [4.69, 9.17) is 0 Å². The molecule has 1 aromatic carbocycles. The highest BCUT2D eigenvalue weighted by molar-refractivity contribution is 6.06. The predicted octanol–water partition coefficient (Wildman–Crippen LogP) is 1.39. The summed E-state index contributed by atoms with van der Waals surface area (Å²) in [7, 11) is 3.76. The molecule has 0 radical (unpaired) electrons. The molecule has 0 atom stereocenters. The Morgan fingerprint density at radius 3 is 2.56 bits per heavy atom. The van der Waals surface area contributed by atoms with Crippen molar-refractivity contribution in [1.82, 2.24) is 4.57 Å². The standard InChI is InChI=1S/C13H15N2O/c1-10-6-4-5-7-11(10)12(16)13-14(2)8-9-15(13)3/h4-9H,1-3H3/q+1. The van der Waals surface area contributed by atoms with E-state index >= 15 is 0 Å². The Bertz CT molecular complexity index is 521. The Labute approximate surface area is 95.0 Å². The van der Waals surface area contributed by atoms with Crippen LogP contribution in [0.15, 0.2) is 36.7 Å². The van der Waals surface area contributed by atoms with Crippen LogP contribution in [0.2, 0.25) is 0 Å². The minimum atomic E-state index is 0.0631. The van der Waals surface area contributed by atoms with Crippen molar-refractivity contribution in [2.45, 2.75) is 6.92 Å². The molecule has 0 aliphatic rings. The number of benzene rings is 1. The Balaban J connectivity index is 2.52. The lowest BCUT2D eigenvalue weighted by Crippen LogP contribution is -2.35. The van der Waals surface area contributed by atoms with Crippen LogP contribution in [0.25, 0.3) is 0 Å².